The fourth-order valence-corrected chi connectivity index (χ4v) is 2.26. The smallest absolute Gasteiger partial charge is 0.411 e. The predicted octanol–water partition coefficient (Wildman–Crippen LogP) is 3.10. The van der Waals surface area contributed by atoms with Crippen molar-refractivity contribution in [3.05, 3.63) is 59.9 Å². The Kier molecular flexibility index (Phi) is 6.87. The molecule has 2 aromatic rings. The summed E-state index contributed by atoms with van der Waals surface area (Å²) in [4.78, 5) is 37.0. The van der Waals surface area contributed by atoms with E-state index in [-0.39, 0.29) is 19.1 Å². The third kappa shape index (κ3) is 6.10. The zero-order chi connectivity index (χ0) is 19.8. The molecule has 7 nitrogen and oxygen atoms in total. The molecule has 0 saturated heterocycles. The van der Waals surface area contributed by atoms with E-state index in [1.807, 2.05) is 0 Å². The van der Waals surface area contributed by atoms with Gasteiger partial charge in [0, 0.05) is 24.0 Å². The van der Waals surface area contributed by atoms with Gasteiger partial charge in [0.15, 0.2) is 0 Å². The molecule has 0 aliphatic carbocycles. The highest BCUT2D eigenvalue weighted by atomic mass is 19.1. The molecule has 2 rings (SSSR count). The zero-order valence-corrected chi connectivity index (χ0v) is 15.0. The molecule has 0 aromatic heterocycles. The highest BCUT2D eigenvalue weighted by Gasteiger charge is 2.15. The Labute approximate surface area is 156 Å². The average Bonchev–Trinajstić information content (AvgIpc) is 2.61. The number of likely N-dealkylation sites (N-methyl/N-ethyl adjacent to an activating group) is 1. The average molecular weight is 373 g/mol. The maximum atomic E-state index is 13.1. The Morgan fingerprint density at radius 2 is 1.74 bits per heavy atom. The first-order valence-corrected chi connectivity index (χ1v) is 8.23. The standard InChI is InChI=1S/C19H20FN3O4/c1-3-27-19(26)22-15-9-7-13(8-10-15)18(25)23(2)12-17(24)21-16-6-4-5-14(20)11-16/h4-11H,3,12H2,1-2H3,(H,21,24)(H,22,26). The number of rotatable bonds is 6. The maximum Gasteiger partial charge on any atom is 0.411 e. The Morgan fingerprint density at radius 1 is 1.04 bits per heavy atom. The number of carbonyl (C=O) groups is 3. The minimum absolute atomic E-state index is 0.196. The van der Waals surface area contributed by atoms with Gasteiger partial charge < -0.3 is 15.0 Å². The first kappa shape index (κ1) is 19.9. The number of anilines is 2. The number of amides is 3. The van der Waals surface area contributed by atoms with Gasteiger partial charge in [-0.25, -0.2) is 9.18 Å². The molecule has 3 amide bonds. The summed E-state index contributed by atoms with van der Waals surface area (Å²) in [6.07, 6.45) is -0.581. The van der Waals surface area contributed by atoms with E-state index in [9.17, 15) is 18.8 Å². The van der Waals surface area contributed by atoms with Crippen LogP contribution in [0.3, 0.4) is 0 Å². The Bertz CT molecular complexity index is 824. The minimum Gasteiger partial charge on any atom is -0.450 e. The summed E-state index contributed by atoms with van der Waals surface area (Å²) >= 11 is 0. The number of ether oxygens (including phenoxy) is 1. The van der Waals surface area contributed by atoms with Crippen LogP contribution in [0.5, 0.6) is 0 Å². The molecule has 0 bridgehead atoms. The topological polar surface area (TPSA) is 87.7 Å². The third-order valence-electron chi connectivity index (χ3n) is 3.49. The van der Waals surface area contributed by atoms with E-state index in [2.05, 4.69) is 10.6 Å². The summed E-state index contributed by atoms with van der Waals surface area (Å²) in [7, 11) is 1.48. The number of hydrogen-bond acceptors (Lipinski definition) is 4. The van der Waals surface area contributed by atoms with Gasteiger partial charge in [0.25, 0.3) is 5.91 Å². The summed E-state index contributed by atoms with van der Waals surface area (Å²) in [6, 6.07) is 11.7. The van der Waals surface area contributed by atoms with Crippen molar-refractivity contribution in [3.8, 4) is 0 Å². The van der Waals surface area contributed by atoms with E-state index in [1.165, 1.54) is 42.3 Å². The molecule has 0 heterocycles. The van der Waals surface area contributed by atoms with Crippen LogP contribution in [0, 0.1) is 5.82 Å². The van der Waals surface area contributed by atoms with Crippen LogP contribution in [-0.4, -0.2) is 43.0 Å². The number of benzene rings is 2. The molecule has 27 heavy (non-hydrogen) atoms. The number of halogens is 1. The third-order valence-corrected chi connectivity index (χ3v) is 3.49. The van der Waals surface area contributed by atoms with Gasteiger partial charge in [-0.2, -0.15) is 0 Å². The Hall–Kier alpha value is -3.42. The van der Waals surface area contributed by atoms with Crippen molar-refractivity contribution >= 4 is 29.3 Å². The summed E-state index contributed by atoms with van der Waals surface area (Å²) < 4.78 is 17.9. The molecular weight excluding hydrogens is 353 g/mol. The monoisotopic (exact) mass is 373 g/mol. The van der Waals surface area contributed by atoms with Gasteiger partial charge in [0.1, 0.15) is 5.82 Å². The molecule has 2 N–H and O–H groups in total. The molecule has 142 valence electrons. The van der Waals surface area contributed by atoms with Gasteiger partial charge in [-0.15, -0.1) is 0 Å². The highest BCUT2D eigenvalue weighted by Crippen LogP contribution is 2.12. The molecule has 0 aliphatic rings. The molecular formula is C19H20FN3O4. The molecule has 0 radical (unpaired) electrons. The van der Waals surface area contributed by atoms with Crippen molar-refractivity contribution < 1.29 is 23.5 Å². The second-order valence-corrected chi connectivity index (χ2v) is 5.64. The van der Waals surface area contributed by atoms with Crippen LogP contribution in [0.25, 0.3) is 0 Å². The molecule has 0 spiro atoms. The van der Waals surface area contributed by atoms with Crippen molar-refractivity contribution in [1.29, 1.82) is 0 Å². The van der Waals surface area contributed by atoms with Gasteiger partial charge in [-0.1, -0.05) is 6.07 Å². The van der Waals surface area contributed by atoms with E-state index in [0.29, 0.717) is 16.9 Å². The van der Waals surface area contributed by atoms with E-state index < -0.39 is 17.8 Å². The summed E-state index contributed by atoms with van der Waals surface area (Å²) in [6.45, 7) is 1.75. The lowest BCUT2D eigenvalue weighted by Gasteiger charge is -2.17. The van der Waals surface area contributed by atoms with Crippen LogP contribution in [0.4, 0.5) is 20.6 Å². The predicted molar refractivity (Wildman–Crippen MR) is 99.1 cm³/mol. The lowest BCUT2D eigenvalue weighted by molar-refractivity contribution is -0.116. The largest absolute Gasteiger partial charge is 0.450 e. The fraction of sp³-hybridized carbons (Fsp3) is 0.211. The Balaban J connectivity index is 1.92. The number of nitrogens with zero attached hydrogens (tertiary/aromatic N) is 1. The number of carbonyl (C=O) groups excluding carboxylic acids is 3. The Morgan fingerprint density at radius 3 is 2.37 bits per heavy atom. The molecule has 8 heteroatoms. The highest BCUT2D eigenvalue weighted by molar-refractivity contribution is 5.99. The van der Waals surface area contributed by atoms with Crippen molar-refractivity contribution in [2.24, 2.45) is 0 Å². The van der Waals surface area contributed by atoms with Crippen molar-refractivity contribution in [2.45, 2.75) is 6.92 Å². The van der Waals surface area contributed by atoms with Gasteiger partial charge in [0.05, 0.1) is 13.2 Å². The van der Waals surface area contributed by atoms with E-state index in [0.717, 1.165) is 0 Å². The molecule has 0 atom stereocenters. The van der Waals surface area contributed by atoms with Gasteiger partial charge in [0.2, 0.25) is 5.91 Å². The molecule has 2 aromatic carbocycles. The molecule has 0 saturated carbocycles. The zero-order valence-electron chi connectivity index (χ0n) is 15.0. The van der Waals surface area contributed by atoms with Gasteiger partial charge in [-0.3, -0.25) is 14.9 Å². The molecule has 0 unspecified atom stereocenters. The second kappa shape index (κ2) is 9.33. The summed E-state index contributed by atoms with van der Waals surface area (Å²) in [5.41, 5.74) is 1.15. The quantitative estimate of drug-likeness (QED) is 0.814. The van der Waals surface area contributed by atoms with Gasteiger partial charge >= 0.3 is 6.09 Å². The van der Waals surface area contributed by atoms with Crippen LogP contribution >= 0.6 is 0 Å². The van der Waals surface area contributed by atoms with Crippen LogP contribution in [0.2, 0.25) is 0 Å². The number of hydrogen-bond donors (Lipinski definition) is 2. The lowest BCUT2D eigenvalue weighted by atomic mass is 10.2. The molecule has 0 fully saturated rings. The SMILES string of the molecule is CCOC(=O)Nc1ccc(C(=O)N(C)CC(=O)Nc2cccc(F)c2)cc1. The summed E-state index contributed by atoms with van der Waals surface area (Å²) in [5.74, 6) is -1.28. The van der Waals surface area contributed by atoms with E-state index in [1.54, 1.807) is 25.1 Å². The first-order valence-electron chi connectivity index (χ1n) is 8.23. The van der Waals surface area contributed by atoms with E-state index >= 15 is 0 Å². The summed E-state index contributed by atoms with van der Waals surface area (Å²) in [5, 5.41) is 5.05. The normalized spacial score (nSPS) is 10.0. The minimum atomic E-state index is -0.581. The fourth-order valence-electron chi connectivity index (χ4n) is 2.26. The van der Waals surface area contributed by atoms with Crippen molar-refractivity contribution in [3.63, 3.8) is 0 Å². The van der Waals surface area contributed by atoms with Crippen LogP contribution in [-0.2, 0) is 9.53 Å². The molecule has 0 aliphatic heterocycles. The van der Waals surface area contributed by atoms with Gasteiger partial charge in [-0.05, 0) is 49.4 Å². The van der Waals surface area contributed by atoms with Crippen molar-refractivity contribution in [2.75, 3.05) is 30.8 Å². The first-order chi connectivity index (χ1) is 12.9. The lowest BCUT2D eigenvalue weighted by Crippen LogP contribution is -2.34. The second-order valence-electron chi connectivity index (χ2n) is 5.64. The number of nitrogens with one attached hydrogen (secondary N) is 2. The van der Waals surface area contributed by atoms with Crippen LogP contribution < -0.4 is 10.6 Å². The van der Waals surface area contributed by atoms with Crippen molar-refractivity contribution in [1.82, 2.24) is 4.90 Å². The maximum absolute atomic E-state index is 13.1. The van der Waals surface area contributed by atoms with E-state index in [4.69, 9.17) is 4.74 Å². The van der Waals surface area contributed by atoms with Crippen LogP contribution in [0.1, 0.15) is 17.3 Å². The van der Waals surface area contributed by atoms with Crippen LogP contribution in [0.15, 0.2) is 48.5 Å².